The zero-order valence-electron chi connectivity index (χ0n) is 18.8. The van der Waals surface area contributed by atoms with Crippen molar-refractivity contribution in [1.82, 2.24) is 29.5 Å². The number of aromatic nitrogens is 6. The van der Waals surface area contributed by atoms with E-state index in [1.54, 1.807) is 15.6 Å². The Hall–Kier alpha value is -3.55. The number of benzene rings is 1. The van der Waals surface area contributed by atoms with Crippen LogP contribution >= 0.6 is 0 Å². The van der Waals surface area contributed by atoms with Crippen LogP contribution in [0.15, 0.2) is 36.8 Å². The largest absolute Gasteiger partial charge is 0.311 e. The minimum atomic E-state index is -0.112. The number of hydrogen-bond acceptors (Lipinski definition) is 5. The van der Waals surface area contributed by atoms with Gasteiger partial charge in [-0.25, -0.2) is 14.6 Å². The second kappa shape index (κ2) is 7.61. The van der Waals surface area contributed by atoms with E-state index in [2.05, 4.69) is 51.5 Å². The molecule has 0 radical (unpaired) electrons. The summed E-state index contributed by atoms with van der Waals surface area (Å²) in [6, 6.07) is 8.01. The highest BCUT2D eigenvalue weighted by Crippen LogP contribution is 2.26. The molecule has 31 heavy (non-hydrogen) atoms. The maximum Gasteiger partial charge on any atom is 0.226 e. The van der Waals surface area contributed by atoms with Gasteiger partial charge < -0.3 is 5.32 Å². The van der Waals surface area contributed by atoms with Gasteiger partial charge in [0.25, 0.3) is 0 Å². The van der Waals surface area contributed by atoms with Crippen molar-refractivity contribution in [3.63, 3.8) is 0 Å². The van der Waals surface area contributed by atoms with Gasteiger partial charge in [-0.05, 0) is 49.4 Å². The second-order valence-electron chi connectivity index (χ2n) is 9.13. The van der Waals surface area contributed by atoms with Crippen LogP contribution < -0.4 is 5.32 Å². The van der Waals surface area contributed by atoms with Gasteiger partial charge in [0.2, 0.25) is 5.91 Å². The number of nitrogens with zero attached hydrogens (tertiary/aromatic N) is 6. The lowest BCUT2D eigenvalue weighted by Gasteiger charge is -2.17. The number of aryl methyl sites for hydroxylation is 3. The summed E-state index contributed by atoms with van der Waals surface area (Å²) < 4.78 is 3.44. The molecule has 4 rings (SSSR count). The lowest BCUT2D eigenvalue weighted by molar-refractivity contribution is -0.117. The monoisotopic (exact) mass is 417 g/mol. The predicted octanol–water partition coefficient (Wildman–Crippen LogP) is 4.30. The third-order valence-corrected chi connectivity index (χ3v) is 5.07. The summed E-state index contributed by atoms with van der Waals surface area (Å²) in [5, 5.41) is 12.8. The fraction of sp³-hybridized carbons (Fsp3) is 0.348. The lowest BCUT2D eigenvalue weighted by Crippen LogP contribution is -2.21. The molecule has 3 heterocycles. The van der Waals surface area contributed by atoms with Crippen molar-refractivity contribution < 1.29 is 4.79 Å². The number of carbonyl (C=O) groups is 1. The summed E-state index contributed by atoms with van der Waals surface area (Å²) in [6.07, 6.45) is 3.63. The molecule has 4 aromatic rings. The molecule has 0 aliphatic carbocycles. The molecular formula is C23H27N7O. The average Bonchev–Trinajstić information content (AvgIpc) is 3.25. The van der Waals surface area contributed by atoms with Crippen LogP contribution in [0.1, 0.15) is 44.0 Å². The minimum Gasteiger partial charge on any atom is -0.311 e. The highest BCUT2D eigenvalue weighted by Gasteiger charge is 2.20. The number of rotatable bonds is 4. The van der Waals surface area contributed by atoms with E-state index < -0.39 is 0 Å². The molecule has 0 saturated carbocycles. The van der Waals surface area contributed by atoms with E-state index in [1.807, 2.05) is 39.8 Å². The Morgan fingerprint density at radius 1 is 1.03 bits per heavy atom. The first-order chi connectivity index (χ1) is 14.6. The molecule has 8 nitrogen and oxygen atoms in total. The van der Waals surface area contributed by atoms with E-state index in [0.717, 1.165) is 16.8 Å². The molecule has 0 unspecified atom stereocenters. The smallest absolute Gasteiger partial charge is 0.226 e. The third-order valence-electron chi connectivity index (χ3n) is 5.07. The standard InChI is InChI=1S/C23H27N7O/c1-14-7-8-17(9-15(14)2)29-21-18(12-26-29)22(25-13-24-21)30-19(10-16(3)28-30)27-20(31)11-23(4,5)6/h7-10,12-13H,11H2,1-6H3,(H,27,31). The summed E-state index contributed by atoms with van der Waals surface area (Å²) in [5.74, 6) is 1.08. The molecule has 1 aromatic carbocycles. The van der Waals surface area contributed by atoms with E-state index in [4.69, 9.17) is 0 Å². The number of amides is 1. The molecule has 8 heteroatoms. The molecule has 1 amide bonds. The number of anilines is 1. The Morgan fingerprint density at radius 2 is 1.81 bits per heavy atom. The van der Waals surface area contributed by atoms with Crippen molar-refractivity contribution in [3.05, 3.63) is 53.6 Å². The van der Waals surface area contributed by atoms with Crippen LogP contribution in [0.4, 0.5) is 5.82 Å². The van der Waals surface area contributed by atoms with Crippen LogP contribution in [0.3, 0.4) is 0 Å². The summed E-state index contributed by atoms with van der Waals surface area (Å²) in [5.41, 5.74) is 4.67. The fourth-order valence-corrected chi connectivity index (χ4v) is 3.47. The van der Waals surface area contributed by atoms with Crippen molar-refractivity contribution in [2.45, 2.75) is 48.0 Å². The maximum absolute atomic E-state index is 12.5. The second-order valence-corrected chi connectivity index (χ2v) is 9.13. The van der Waals surface area contributed by atoms with E-state index in [0.29, 0.717) is 23.7 Å². The SMILES string of the molecule is Cc1cc(NC(=O)CC(C)(C)C)n(-c2ncnc3c2cnn3-c2ccc(C)c(C)c2)n1. The molecule has 0 bridgehead atoms. The van der Waals surface area contributed by atoms with Crippen LogP contribution in [0.25, 0.3) is 22.5 Å². The molecule has 0 atom stereocenters. The lowest BCUT2D eigenvalue weighted by atomic mass is 9.92. The first-order valence-electron chi connectivity index (χ1n) is 10.3. The van der Waals surface area contributed by atoms with Crippen LogP contribution in [-0.4, -0.2) is 35.4 Å². The molecule has 160 valence electrons. The summed E-state index contributed by atoms with van der Waals surface area (Å²) in [6.45, 7) is 12.1. The van der Waals surface area contributed by atoms with E-state index in [1.165, 1.54) is 17.5 Å². The highest BCUT2D eigenvalue weighted by molar-refractivity contribution is 5.91. The van der Waals surface area contributed by atoms with Crippen LogP contribution in [0.2, 0.25) is 0 Å². The molecule has 3 aromatic heterocycles. The Balaban J connectivity index is 1.77. The Morgan fingerprint density at radius 3 is 2.52 bits per heavy atom. The van der Waals surface area contributed by atoms with Gasteiger partial charge in [0, 0.05) is 12.5 Å². The van der Waals surface area contributed by atoms with E-state index in [-0.39, 0.29) is 11.3 Å². The number of nitrogens with one attached hydrogen (secondary N) is 1. The Bertz CT molecular complexity index is 1280. The molecular weight excluding hydrogens is 390 g/mol. The first-order valence-corrected chi connectivity index (χ1v) is 10.3. The molecule has 0 aliphatic rings. The van der Waals surface area contributed by atoms with Crippen molar-refractivity contribution >= 4 is 22.8 Å². The van der Waals surface area contributed by atoms with Gasteiger partial charge >= 0.3 is 0 Å². The predicted molar refractivity (Wildman–Crippen MR) is 121 cm³/mol. The molecule has 0 fully saturated rings. The van der Waals surface area contributed by atoms with Gasteiger partial charge in [0.05, 0.1) is 23.0 Å². The van der Waals surface area contributed by atoms with Crippen molar-refractivity contribution in [2.24, 2.45) is 5.41 Å². The van der Waals surface area contributed by atoms with Gasteiger partial charge in [-0.1, -0.05) is 26.8 Å². The number of carbonyl (C=O) groups excluding carboxylic acids is 1. The van der Waals surface area contributed by atoms with Gasteiger partial charge in [-0.3, -0.25) is 4.79 Å². The van der Waals surface area contributed by atoms with Gasteiger partial charge in [0.1, 0.15) is 12.1 Å². The van der Waals surface area contributed by atoms with Crippen molar-refractivity contribution in [2.75, 3.05) is 5.32 Å². The van der Waals surface area contributed by atoms with Crippen LogP contribution in [0, 0.1) is 26.2 Å². The minimum absolute atomic E-state index is 0.0650. The van der Waals surface area contributed by atoms with Gasteiger partial charge in [0.15, 0.2) is 11.5 Å². The van der Waals surface area contributed by atoms with Gasteiger partial charge in [-0.15, -0.1) is 0 Å². The molecule has 0 saturated heterocycles. The number of hydrogen-bond donors (Lipinski definition) is 1. The zero-order chi connectivity index (χ0) is 22.3. The van der Waals surface area contributed by atoms with E-state index in [9.17, 15) is 4.79 Å². The third kappa shape index (κ3) is 4.19. The summed E-state index contributed by atoms with van der Waals surface area (Å²) in [7, 11) is 0. The normalized spacial score (nSPS) is 11.8. The molecule has 0 aliphatic heterocycles. The zero-order valence-corrected chi connectivity index (χ0v) is 18.8. The fourth-order valence-electron chi connectivity index (χ4n) is 3.47. The van der Waals surface area contributed by atoms with E-state index >= 15 is 0 Å². The molecule has 0 spiro atoms. The van der Waals surface area contributed by atoms with Crippen LogP contribution in [0.5, 0.6) is 0 Å². The van der Waals surface area contributed by atoms with Crippen molar-refractivity contribution in [3.8, 4) is 11.5 Å². The average molecular weight is 418 g/mol. The van der Waals surface area contributed by atoms with Crippen molar-refractivity contribution in [1.29, 1.82) is 0 Å². The first kappa shape index (κ1) is 20.7. The Kier molecular flexibility index (Phi) is 5.08. The highest BCUT2D eigenvalue weighted by atomic mass is 16.1. The molecule has 1 N–H and O–H groups in total. The summed E-state index contributed by atoms with van der Waals surface area (Å²) >= 11 is 0. The maximum atomic E-state index is 12.5. The van der Waals surface area contributed by atoms with Crippen LogP contribution in [-0.2, 0) is 4.79 Å². The summed E-state index contributed by atoms with van der Waals surface area (Å²) in [4.78, 5) is 21.5. The van der Waals surface area contributed by atoms with Gasteiger partial charge in [-0.2, -0.15) is 14.9 Å². The number of fused-ring (bicyclic) bond motifs is 1. The Labute approximate surface area is 181 Å². The quantitative estimate of drug-likeness (QED) is 0.535. The topological polar surface area (TPSA) is 90.5 Å².